The highest BCUT2D eigenvalue weighted by Gasteiger charge is 2.14. The van der Waals surface area contributed by atoms with Crippen molar-refractivity contribution in [2.75, 3.05) is 30.1 Å². The first-order valence-corrected chi connectivity index (χ1v) is 10.7. The summed E-state index contributed by atoms with van der Waals surface area (Å²) in [6.45, 7) is 0.961. The molecule has 0 fully saturated rings. The molecule has 1 aliphatic heterocycles. The van der Waals surface area contributed by atoms with Crippen LogP contribution in [0.1, 0.15) is 0 Å². The second kappa shape index (κ2) is 6.71. The van der Waals surface area contributed by atoms with Crippen LogP contribution in [0.2, 0.25) is 0 Å². The van der Waals surface area contributed by atoms with Crippen LogP contribution >= 0.6 is 11.3 Å². The number of benzene rings is 2. The lowest BCUT2D eigenvalue weighted by Crippen LogP contribution is -2.20. The second-order valence-corrected chi connectivity index (χ2v) is 8.90. The van der Waals surface area contributed by atoms with Gasteiger partial charge in [0.1, 0.15) is 13.2 Å². The van der Waals surface area contributed by atoms with E-state index in [9.17, 15) is 13.2 Å². The van der Waals surface area contributed by atoms with E-state index >= 15 is 0 Å². The van der Waals surface area contributed by atoms with Gasteiger partial charge < -0.3 is 14.8 Å². The quantitative estimate of drug-likeness (QED) is 0.693. The number of thiazole rings is 1. The fraction of sp³-hybridized carbons (Fsp3) is 0.176. The number of sulfone groups is 1. The summed E-state index contributed by atoms with van der Waals surface area (Å²) in [5.74, 6) is 1.22. The number of nitrogens with zero attached hydrogens (tertiary/aromatic N) is 1. The van der Waals surface area contributed by atoms with Gasteiger partial charge in [-0.2, -0.15) is 0 Å². The van der Waals surface area contributed by atoms with Crippen LogP contribution in [0.15, 0.2) is 41.3 Å². The van der Waals surface area contributed by atoms with Crippen LogP contribution in [0.4, 0.5) is 15.6 Å². The van der Waals surface area contributed by atoms with Crippen molar-refractivity contribution >= 4 is 48.2 Å². The van der Waals surface area contributed by atoms with Gasteiger partial charge in [-0.05, 0) is 30.3 Å². The summed E-state index contributed by atoms with van der Waals surface area (Å²) in [6.07, 6.45) is 1.15. The number of carbonyl (C=O) groups excluding carboxylic acids is 1. The first-order valence-electron chi connectivity index (χ1n) is 7.97. The minimum Gasteiger partial charge on any atom is -0.486 e. The number of hydrogen-bond donors (Lipinski definition) is 2. The Kier molecular flexibility index (Phi) is 4.36. The van der Waals surface area contributed by atoms with Crippen LogP contribution in [0.5, 0.6) is 11.5 Å². The normalized spacial score (nSPS) is 13.4. The number of carbonyl (C=O) groups is 1. The molecule has 10 heteroatoms. The predicted octanol–water partition coefficient (Wildman–Crippen LogP) is 3.12. The van der Waals surface area contributed by atoms with Crippen LogP contribution < -0.4 is 20.1 Å². The molecule has 0 radical (unpaired) electrons. The van der Waals surface area contributed by atoms with Gasteiger partial charge in [-0.15, -0.1) is 0 Å². The van der Waals surface area contributed by atoms with Crippen molar-refractivity contribution in [3.05, 3.63) is 36.4 Å². The van der Waals surface area contributed by atoms with E-state index in [1.807, 2.05) is 0 Å². The zero-order valence-electron chi connectivity index (χ0n) is 14.2. The van der Waals surface area contributed by atoms with Crippen LogP contribution in [0.25, 0.3) is 10.2 Å². The molecule has 3 aromatic rings. The molecule has 4 rings (SSSR count). The minimum absolute atomic E-state index is 0.214. The van der Waals surface area contributed by atoms with Gasteiger partial charge in [0.2, 0.25) is 0 Å². The third kappa shape index (κ3) is 3.81. The van der Waals surface area contributed by atoms with Crippen LogP contribution in [0.3, 0.4) is 0 Å². The molecule has 8 nitrogen and oxygen atoms in total. The SMILES string of the molecule is CS(=O)(=O)c1ccc2nc(NC(=O)Nc3ccc4c(c3)OCCO4)sc2c1. The Morgan fingerprint density at radius 1 is 1.07 bits per heavy atom. The summed E-state index contributed by atoms with van der Waals surface area (Å²) >= 11 is 1.20. The number of nitrogens with one attached hydrogen (secondary N) is 2. The van der Waals surface area contributed by atoms with E-state index < -0.39 is 15.9 Å². The number of anilines is 2. The summed E-state index contributed by atoms with van der Waals surface area (Å²) in [4.78, 5) is 16.7. The van der Waals surface area contributed by atoms with Crippen molar-refractivity contribution < 1.29 is 22.7 Å². The highest BCUT2D eigenvalue weighted by atomic mass is 32.2. The van der Waals surface area contributed by atoms with Crippen molar-refractivity contribution in [3.63, 3.8) is 0 Å². The third-order valence-electron chi connectivity index (χ3n) is 3.81. The second-order valence-electron chi connectivity index (χ2n) is 5.86. The largest absolute Gasteiger partial charge is 0.486 e. The molecule has 2 heterocycles. The lowest BCUT2D eigenvalue weighted by atomic mass is 10.2. The lowest BCUT2D eigenvalue weighted by molar-refractivity contribution is 0.171. The van der Waals surface area contributed by atoms with Gasteiger partial charge in [-0.1, -0.05) is 11.3 Å². The molecule has 0 spiro atoms. The maximum Gasteiger partial charge on any atom is 0.325 e. The predicted molar refractivity (Wildman–Crippen MR) is 103 cm³/mol. The Morgan fingerprint density at radius 2 is 1.85 bits per heavy atom. The Balaban J connectivity index is 1.49. The topological polar surface area (TPSA) is 107 Å². The standard InChI is InChI=1S/C17H15N3O5S2/c1-27(22,23)11-3-4-12-15(9-11)26-17(19-12)20-16(21)18-10-2-5-13-14(8-10)25-7-6-24-13/h2-5,8-9H,6-7H2,1H3,(H2,18,19,20,21). The average molecular weight is 405 g/mol. The number of fused-ring (bicyclic) bond motifs is 2. The molecule has 0 saturated carbocycles. The molecule has 0 saturated heterocycles. The van der Waals surface area contributed by atoms with Crippen molar-refractivity contribution in [3.8, 4) is 11.5 Å². The summed E-state index contributed by atoms with van der Waals surface area (Å²) in [6, 6.07) is 9.33. The number of amides is 2. The van der Waals surface area contributed by atoms with E-state index in [0.717, 1.165) is 6.26 Å². The van der Waals surface area contributed by atoms with Crippen LogP contribution in [-0.2, 0) is 9.84 Å². The van der Waals surface area contributed by atoms with Gasteiger partial charge >= 0.3 is 6.03 Å². The zero-order chi connectivity index (χ0) is 19.0. The zero-order valence-corrected chi connectivity index (χ0v) is 15.8. The molecular weight excluding hydrogens is 390 g/mol. The van der Waals surface area contributed by atoms with Gasteiger partial charge in [-0.3, -0.25) is 5.32 Å². The van der Waals surface area contributed by atoms with Crippen molar-refractivity contribution in [1.82, 2.24) is 4.98 Å². The van der Waals surface area contributed by atoms with Gasteiger partial charge in [0.15, 0.2) is 26.5 Å². The molecule has 0 bridgehead atoms. The van der Waals surface area contributed by atoms with Crippen LogP contribution in [0, 0.1) is 0 Å². The summed E-state index contributed by atoms with van der Waals surface area (Å²) in [5.41, 5.74) is 1.17. The number of hydrogen-bond acceptors (Lipinski definition) is 7. The maximum absolute atomic E-state index is 12.2. The Bertz CT molecular complexity index is 1140. The van der Waals surface area contributed by atoms with Crippen molar-refractivity contribution in [2.24, 2.45) is 0 Å². The molecular formula is C17H15N3O5S2. The molecule has 0 atom stereocenters. The monoisotopic (exact) mass is 405 g/mol. The lowest BCUT2D eigenvalue weighted by Gasteiger charge is -2.18. The fourth-order valence-electron chi connectivity index (χ4n) is 2.57. The van der Waals surface area contributed by atoms with E-state index in [-0.39, 0.29) is 4.90 Å². The molecule has 27 heavy (non-hydrogen) atoms. The highest BCUT2D eigenvalue weighted by molar-refractivity contribution is 7.90. The number of rotatable bonds is 3. The average Bonchev–Trinajstić information content (AvgIpc) is 3.02. The minimum atomic E-state index is -3.30. The summed E-state index contributed by atoms with van der Waals surface area (Å²) in [7, 11) is -3.30. The van der Waals surface area contributed by atoms with E-state index in [1.165, 1.54) is 17.4 Å². The summed E-state index contributed by atoms with van der Waals surface area (Å²) < 4.78 is 34.9. The molecule has 2 amide bonds. The first kappa shape index (κ1) is 17.6. The third-order valence-corrected chi connectivity index (χ3v) is 5.85. The first-order chi connectivity index (χ1) is 12.9. The van der Waals surface area contributed by atoms with E-state index in [4.69, 9.17) is 9.47 Å². The van der Waals surface area contributed by atoms with Crippen molar-refractivity contribution in [2.45, 2.75) is 4.90 Å². The number of urea groups is 1. The molecule has 2 N–H and O–H groups in total. The Hall–Kier alpha value is -2.85. The molecule has 0 aliphatic carbocycles. The van der Waals surface area contributed by atoms with Crippen molar-refractivity contribution in [1.29, 1.82) is 0 Å². The Labute approximate surface area is 159 Å². The van der Waals surface area contributed by atoms with Crippen LogP contribution in [-0.4, -0.2) is 38.9 Å². The molecule has 1 aromatic heterocycles. The van der Waals surface area contributed by atoms with Gasteiger partial charge in [-0.25, -0.2) is 18.2 Å². The smallest absolute Gasteiger partial charge is 0.325 e. The van der Waals surface area contributed by atoms with Gasteiger partial charge in [0, 0.05) is 18.0 Å². The van der Waals surface area contributed by atoms with Gasteiger partial charge in [0.25, 0.3) is 0 Å². The van der Waals surface area contributed by atoms with E-state index in [0.29, 0.717) is 45.7 Å². The molecule has 140 valence electrons. The molecule has 0 unspecified atom stereocenters. The number of ether oxygens (including phenoxy) is 2. The highest BCUT2D eigenvalue weighted by Crippen LogP contribution is 2.33. The van der Waals surface area contributed by atoms with E-state index in [1.54, 1.807) is 30.3 Å². The fourth-order valence-corrected chi connectivity index (χ4v) is 4.19. The molecule has 1 aliphatic rings. The summed E-state index contributed by atoms with van der Waals surface area (Å²) in [5, 5.41) is 5.73. The maximum atomic E-state index is 12.2. The van der Waals surface area contributed by atoms with Gasteiger partial charge in [0.05, 0.1) is 15.1 Å². The van der Waals surface area contributed by atoms with E-state index in [2.05, 4.69) is 15.6 Å². The Morgan fingerprint density at radius 3 is 2.63 bits per heavy atom. The number of aromatic nitrogens is 1. The molecule has 2 aromatic carbocycles.